The maximum absolute atomic E-state index is 12.9. The van der Waals surface area contributed by atoms with E-state index in [1.807, 2.05) is 0 Å². The molecule has 0 aliphatic carbocycles. The molecule has 2 aromatic heterocycles. The Bertz CT molecular complexity index is 1390. The second-order valence-electron chi connectivity index (χ2n) is 6.93. The Morgan fingerprint density at radius 3 is 2.65 bits per heavy atom. The molecular formula is C18H17N5O6S2. The number of benzene rings is 1. The molecular weight excluding hydrogens is 446 g/mol. The number of aromatic nitrogens is 3. The van der Waals surface area contributed by atoms with Crippen molar-refractivity contribution in [3.05, 3.63) is 56.9 Å². The molecule has 11 nitrogen and oxygen atoms in total. The third kappa shape index (κ3) is 3.88. The lowest BCUT2D eigenvalue weighted by molar-refractivity contribution is -0.142. The van der Waals surface area contributed by atoms with Crippen molar-refractivity contribution < 1.29 is 18.0 Å². The largest absolute Gasteiger partial charge is 0.330 e. The second-order valence-corrected chi connectivity index (χ2v) is 10.00. The topological polar surface area (TPSA) is 143 Å². The molecule has 0 spiro atoms. The molecule has 1 aromatic carbocycles. The minimum absolute atomic E-state index is 0.0220. The van der Waals surface area contributed by atoms with Crippen molar-refractivity contribution in [2.24, 2.45) is 0 Å². The number of piperazine rings is 1. The summed E-state index contributed by atoms with van der Waals surface area (Å²) in [6.45, 7) is 0.428. The lowest BCUT2D eigenvalue weighted by Crippen LogP contribution is -2.54. The van der Waals surface area contributed by atoms with Crippen LogP contribution in [-0.2, 0) is 26.2 Å². The molecule has 31 heavy (non-hydrogen) atoms. The van der Waals surface area contributed by atoms with Crippen LogP contribution in [0.3, 0.4) is 0 Å². The minimum atomic E-state index is -4.14. The summed E-state index contributed by atoms with van der Waals surface area (Å²) in [6.07, 6.45) is 1.26. The molecule has 0 unspecified atom stereocenters. The summed E-state index contributed by atoms with van der Waals surface area (Å²) in [6, 6.07) is 6.93. The van der Waals surface area contributed by atoms with Gasteiger partial charge in [-0.25, -0.2) is 14.1 Å². The summed E-state index contributed by atoms with van der Waals surface area (Å²) in [5.41, 5.74) is -0.505. The zero-order valence-corrected chi connectivity index (χ0v) is 17.9. The van der Waals surface area contributed by atoms with Crippen LogP contribution in [-0.4, -0.2) is 63.6 Å². The number of fused-ring (bicyclic) bond motifs is 1. The normalized spacial score (nSPS) is 14.9. The molecule has 1 fully saturated rings. The highest BCUT2D eigenvalue weighted by Gasteiger charge is 2.37. The number of amides is 2. The molecule has 2 amide bonds. The summed E-state index contributed by atoms with van der Waals surface area (Å²) in [4.78, 5) is 55.8. The Hall–Kier alpha value is -3.32. The Labute approximate surface area is 179 Å². The number of hydrogen-bond acceptors (Lipinski definition) is 8. The number of nitrogens with zero attached hydrogens (tertiary/aromatic N) is 4. The monoisotopic (exact) mass is 463 g/mol. The van der Waals surface area contributed by atoms with E-state index in [1.54, 1.807) is 24.3 Å². The Morgan fingerprint density at radius 1 is 1.19 bits per heavy atom. The summed E-state index contributed by atoms with van der Waals surface area (Å²) in [5, 5.41) is 0. The van der Waals surface area contributed by atoms with Gasteiger partial charge in [0.2, 0.25) is 10.2 Å². The van der Waals surface area contributed by atoms with Gasteiger partial charge < -0.3 is 4.90 Å². The van der Waals surface area contributed by atoms with Gasteiger partial charge in [0.05, 0.1) is 16.8 Å². The van der Waals surface area contributed by atoms with Crippen molar-refractivity contribution >= 4 is 43.4 Å². The quantitative estimate of drug-likeness (QED) is 0.550. The zero-order chi connectivity index (χ0) is 22.3. The molecule has 13 heteroatoms. The van der Waals surface area contributed by atoms with Crippen LogP contribution in [0, 0.1) is 6.92 Å². The van der Waals surface area contributed by atoms with Gasteiger partial charge in [-0.3, -0.25) is 23.9 Å². The number of aryl methyl sites for hydroxylation is 1. The number of para-hydroxylation sites is 1. The Morgan fingerprint density at radius 2 is 1.94 bits per heavy atom. The lowest BCUT2D eigenvalue weighted by Gasteiger charge is -2.33. The molecule has 3 aromatic rings. The molecule has 0 atom stereocenters. The average Bonchev–Trinajstić information content (AvgIpc) is 3.17. The fourth-order valence-electron chi connectivity index (χ4n) is 3.16. The number of hydrogen-bond donors (Lipinski definition) is 1. The van der Waals surface area contributed by atoms with Crippen LogP contribution in [0.15, 0.2) is 44.4 Å². The maximum atomic E-state index is 12.9. The van der Waals surface area contributed by atoms with Crippen molar-refractivity contribution in [3.63, 3.8) is 0 Å². The first-order valence-electron chi connectivity index (χ1n) is 9.16. The fraction of sp³-hybridized carbons (Fsp3) is 0.278. The molecule has 0 radical (unpaired) electrons. The van der Waals surface area contributed by atoms with Gasteiger partial charge in [-0.2, -0.15) is 8.42 Å². The second kappa shape index (κ2) is 7.74. The first kappa shape index (κ1) is 20.9. The highest BCUT2D eigenvalue weighted by atomic mass is 32.2. The summed E-state index contributed by atoms with van der Waals surface area (Å²) in [5.74, 6) is -1.30. The van der Waals surface area contributed by atoms with Crippen LogP contribution < -0.4 is 11.2 Å². The van der Waals surface area contributed by atoms with Gasteiger partial charge in [-0.05, 0) is 19.1 Å². The van der Waals surface area contributed by atoms with Crippen LogP contribution in [0.2, 0.25) is 0 Å². The number of sulfonamides is 1. The molecule has 3 heterocycles. The van der Waals surface area contributed by atoms with Gasteiger partial charge in [0, 0.05) is 18.3 Å². The lowest BCUT2D eigenvalue weighted by atomic mass is 10.3. The van der Waals surface area contributed by atoms with Crippen molar-refractivity contribution in [1.82, 2.24) is 23.7 Å². The van der Waals surface area contributed by atoms with E-state index in [0.29, 0.717) is 10.2 Å². The van der Waals surface area contributed by atoms with Crippen molar-refractivity contribution in [2.75, 3.05) is 19.6 Å². The Balaban J connectivity index is 1.50. The van der Waals surface area contributed by atoms with Crippen molar-refractivity contribution in [1.29, 1.82) is 0 Å². The van der Waals surface area contributed by atoms with Gasteiger partial charge >= 0.3 is 5.69 Å². The summed E-state index contributed by atoms with van der Waals surface area (Å²) < 4.78 is 28.1. The molecule has 0 saturated carbocycles. The predicted octanol–water partition coefficient (Wildman–Crippen LogP) is -0.486. The Kier molecular flexibility index (Phi) is 5.23. The highest BCUT2D eigenvalue weighted by Crippen LogP contribution is 2.28. The van der Waals surface area contributed by atoms with Gasteiger partial charge in [-0.1, -0.05) is 12.1 Å². The fourth-order valence-corrected chi connectivity index (χ4v) is 5.87. The number of thiazole rings is 1. The number of rotatable bonds is 4. The van der Waals surface area contributed by atoms with Crippen LogP contribution in [0.25, 0.3) is 10.2 Å². The van der Waals surface area contributed by atoms with Gasteiger partial charge in [-0.15, -0.1) is 11.3 Å². The molecule has 4 rings (SSSR count). The SMILES string of the molecule is Cc1cn(CC(=O)N2CCN(S(=O)(=O)c3nc4ccccc4s3)C(=O)C2)c(=O)[nH]c1=O. The van der Waals surface area contributed by atoms with Crippen LogP contribution in [0.4, 0.5) is 0 Å². The molecule has 0 bridgehead atoms. The molecule has 1 saturated heterocycles. The van der Waals surface area contributed by atoms with Crippen LogP contribution in [0.5, 0.6) is 0 Å². The standard InChI is InChI=1S/C18H17N5O6S2/c1-11-8-22(17(27)20-16(11)26)9-14(24)21-6-7-23(15(25)10-21)31(28,29)18-19-12-4-2-3-5-13(12)30-18/h2-5,8H,6-7,9-10H2,1H3,(H,20,26,27). The third-order valence-corrected chi connectivity index (χ3v) is 8.02. The summed E-state index contributed by atoms with van der Waals surface area (Å²) in [7, 11) is -4.14. The third-order valence-electron chi connectivity index (χ3n) is 4.81. The summed E-state index contributed by atoms with van der Waals surface area (Å²) >= 11 is 0.972. The average molecular weight is 463 g/mol. The van der Waals surface area contributed by atoms with E-state index in [1.165, 1.54) is 18.0 Å². The number of H-pyrrole nitrogens is 1. The van der Waals surface area contributed by atoms with E-state index in [4.69, 9.17) is 0 Å². The first-order chi connectivity index (χ1) is 14.7. The first-order valence-corrected chi connectivity index (χ1v) is 11.4. The van der Waals surface area contributed by atoms with Gasteiger partial charge in [0.1, 0.15) is 13.1 Å². The van der Waals surface area contributed by atoms with E-state index in [-0.39, 0.29) is 29.5 Å². The molecule has 1 aliphatic heterocycles. The van der Waals surface area contributed by atoms with E-state index < -0.39 is 39.6 Å². The van der Waals surface area contributed by atoms with E-state index in [9.17, 15) is 27.6 Å². The van der Waals surface area contributed by atoms with Crippen LogP contribution >= 0.6 is 11.3 Å². The molecule has 1 N–H and O–H groups in total. The molecule has 1 aliphatic rings. The smallest absolute Gasteiger partial charge is 0.328 e. The maximum Gasteiger partial charge on any atom is 0.328 e. The van der Waals surface area contributed by atoms with Gasteiger partial charge in [0.15, 0.2) is 0 Å². The predicted molar refractivity (Wildman–Crippen MR) is 111 cm³/mol. The number of carbonyl (C=O) groups is 2. The van der Waals surface area contributed by atoms with Gasteiger partial charge in [0.25, 0.3) is 21.5 Å². The van der Waals surface area contributed by atoms with Crippen molar-refractivity contribution in [2.45, 2.75) is 17.8 Å². The van der Waals surface area contributed by atoms with E-state index in [2.05, 4.69) is 9.97 Å². The van der Waals surface area contributed by atoms with Crippen LogP contribution in [0.1, 0.15) is 5.56 Å². The van der Waals surface area contributed by atoms with Crippen molar-refractivity contribution in [3.8, 4) is 0 Å². The number of carbonyl (C=O) groups excluding carboxylic acids is 2. The van der Waals surface area contributed by atoms with E-state index >= 15 is 0 Å². The van der Waals surface area contributed by atoms with E-state index in [0.717, 1.165) is 20.2 Å². The number of nitrogens with one attached hydrogen (secondary N) is 1. The minimum Gasteiger partial charge on any atom is -0.330 e. The zero-order valence-electron chi connectivity index (χ0n) is 16.3. The molecule has 162 valence electrons. The number of aromatic amines is 1. The highest BCUT2D eigenvalue weighted by molar-refractivity contribution is 7.91.